The van der Waals surface area contributed by atoms with E-state index in [1.165, 1.54) is 6.42 Å². The topological polar surface area (TPSA) is 70.1 Å². The number of fused-ring (bicyclic) bond motifs is 1. The fourth-order valence-electron chi connectivity index (χ4n) is 4.24. The molecule has 4 rings (SSSR count). The summed E-state index contributed by atoms with van der Waals surface area (Å²) in [6.07, 6.45) is 1.20. The zero-order chi connectivity index (χ0) is 17.6. The molecule has 2 N–H and O–H groups in total. The molecule has 2 aromatic carbocycles. The highest BCUT2D eigenvalue weighted by Crippen LogP contribution is 2.49. The Hall–Kier alpha value is -2.64. The Morgan fingerprint density at radius 1 is 1.32 bits per heavy atom. The first-order valence-corrected chi connectivity index (χ1v) is 8.75. The van der Waals surface area contributed by atoms with Gasteiger partial charge in [0, 0.05) is 24.7 Å². The third-order valence-electron chi connectivity index (χ3n) is 5.59. The van der Waals surface area contributed by atoms with Crippen molar-refractivity contribution in [2.45, 2.75) is 19.4 Å². The predicted molar refractivity (Wildman–Crippen MR) is 96.8 cm³/mol. The average molecular weight is 331 g/mol. The van der Waals surface area contributed by atoms with Gasteiger partial charge in [-0.3, -0.25) is 4.79 Å². The molecule has 0 bridgehead atoms. The molecule has 4 heteroatoms. The number of carbonyl (C=O) groups excluding carboxylic acids is 1. The number of amides is 1. The first kappa shape index (κ1) is 15.9. The van der Waals surface area contributed by atoms with Crippen LogP contribution in [0.4, 0.5) is 0 Å². The average Bonchev–Trinajstić information content (AvgIpc) is 3.31. The molecule has 1 amide bonds. The molecule has 25 heavy (non-hydrogen) atoms. The van der Waals surface area contributed by atoms with Gasteiger partial charge in [0.1, 0.15) is 0 Å². The third kappa shape index (κ3) is 2.61. The highest BCUT2D eigenvalue weighted by molar-refractivity contribution is 6.02. The van der Waals surface area contributed by atoms with Gasteiger partial charge in [-0.2, -0.15) is 5.26 Å². The maximum atomic E-state index is 13.3. The number of hydrogen-bond donors (Lipinski definition) is 1. The number of aryl methyl sites for hydroxylation is 1. The maximum absolute atomic E-state index is 13.3. The summed E-state index contributed by atoms with van der Waals surface area (Å²) in [6.45, 7) is 3.35. The van der Waals surface area contributed by atoms with Crippen LogP contribution in [-0.4, -0.2) is 29.9 Å². The molecule has 3 atom stereocenters. The number of carbonyl (C=O) groups is 1. The lowest BCUT2D eigenvalue weighted by atomic mass is 9.93. The van der Waals surface area contributed by atoms with Crippen LogP contribution in [0.15, 0.2) is 42.5 Å². The van der Waals surface area contributed by atoms with Crippen molar-refractivity contribution < 1.29 is 4.79 Å². The van der Waals surface area contributed by atoms with Crippen LogP contribution in [0.1, 0.15) is 27.9 Å². The second kappa shape index (κ2) is 6.02. The third-order valence-corrected chi connectivity index (χ3v) is 5.59. The van der Waals surface area contributed by atoms with Crippen LogP contribution in [0.2, 0.25) is 0 Å². The van der Waals surface area contributed by atoms with Crippen LogP contribution in [0.25, 0.3) is 11.1 Å². The van der Waals surface area contributed by atoms with Gasteiger partial charge in [-0.15, -0.1) is 0 Å². The van der Waals surface area contributed by atoms with Gasteiger partial charge in [0.05, 0.1) is 11.6 Å². The molecule has 0 unspecified atom stereocenters. The van der Waals surface area contributed by atoms with E-state index in [4.69, 9.17) is 5.73 Å². The van der Waals surface area contributed by atoms with Gasteiger partial charge < -0.3 is 10.6 Å². The summed E-state index contributed by atoms with van der Waals surface area (Å²) in [5.74, 6) is 1.28. The Morgan fingerprint density at radius 2 is 2.12 bits per heavy atom. The number of nitrogens with two attached hydrogens (primary N) is 1. The van der Waals surface area contributed by atoms with Crippen LogP contribution >= 0.6 is 0 Å². The van der Waals surface area contributed by atoms with Gasteiger partial charge in [0.15, 0.2) is 0 Å². The molecule has 2 aromatic rings. The molecule has 1 aliphatic heterocycles. The fraction of sp³-hybridized carbons (Fsp3) is 0.333. The quantitative estimate of drug-likeness (QED) is 0.940. The van der Waals surface area contributed by atoms with Gasteiger partial charge in [0.2, 0.25) is 0 Å². The van der Waals surface area contributed by atoms with Crippen molar-refractivity contribution in [2.24, 2.45) is 17.6 Å². The molecule has 2 aliphatic rings. The van der Waals surface area contributed by atoms with Crippen LogP contribution in [0.5, 0.6) is 0 Å². The summed E-state index contributed by atoms with van der Waals surface area (Å²) in [5, 5.41) is 9.19. The van der Waals surface area contributed by atoms with Gasteiger partial charge >= 0.3 is 0 Å². The smallest absolute Gasteiger partial charge is 0.254 e. The molecule has 1 saturated carbocycles. The molecule has 0 spiro atoms. The Kier molecular flexibility index (Phi) is 3.82. The molecule has 126 valence electrons. The van der Waals surface area contributed by atoms with E-state index in [1.54, 1.807) is 6.07 Å². The largest absolute Gasteiger partial charge is 0.334 e. The summed E-state index contributed by atoms with van der Waals surface area (Å²) in [6, 6.07) is 15.6. The molecule has 1 aliphatic carbocycles. The van der Waals surface area contributed by atoms with E-state index >= 15 is 0 Å². The minimum Gasteiger partial charge on any atom is -0.334 e. The lowest BCUT2D eigenvalue weighted by Gasteiger charge is -2.28. The lowest BCUT2D eigenvalue weighted by Crippen LogP contribution is -2.43. The maximum Gasteiger partial charge on any atom is 0.254 e. The van der Waals surface area contributed by atoms with Crippen molar-refractivity contribution in [3.8, 4) is 17.2 Å². The van der Waals surface area contributed by atoms with Crippen molar-refractivity contribution in [1.29, 1.82) is 5.26 Å². The second-order valence-corrected chi connectivity index (χ2v) is 7.11. The lowest BCUT2D eigenvalue weighted by molar-refractivity contribution is 0.0713. The first-order chi connectivity index (χ1) is 12.1. The van der Waals surface area contributed by atoms with Crippen molar-refractivity contribution in [1.82, 2.24) is 4.90 Å². The Labute approximate surface area is 147 Å². The van der Waals surface area contributed by atoms with E-state index < -0.39 is 0 Å². The zero-order valence-electron chi connectivity index (χ0n) is 14.3. The van der Waals surface area contributed by atoms with Crippen LogP contribution < -0.4 is 5.73 Å². The first-order valence-electron chi connectivity index (χ1n) is 8.75. The number of likely N-dealkylation sites (tertiary alicyclic amines) is 1. The van der Waals surface area contributed by atoms with E-state index in [0.717, 1.165) is 23.2 Å². The minimum absolute atomic E-state index is 0.0590. The minimum atomic E-state index is 0.0590. The molecule has 4 nitrogen and oxygen atoms in total. The molecule has 1 heterocycles. The highest BCUT2D eigenvalue weighted by atomic mass is 16.2. The molecule has 1 saturated heterocycles. The van der Waals surface area contributed by atoms with Crippen molar-refractivity contribution in [3.05, 3.63) is 59.2 Å². The van der Waals surface area contributed by atoms with Crippen molar-refractivity contribution in [2.75, 3.05) is 13.1 Å². The number of nitriles is 1. The normalized spacial score (nSPS) is 23.9. The standard InChI is InChI=1S/C21H21N3O/c1-13-4-2-7-17(20(13)15-6-3-5-14(8-15)10-22)21(25)24-12-16-9-18(16)19(24)11-23/h2-8,16,18-19H,9,11-12,23H2,1H3/t16-,18-,19-/m1/s1. The number of hydrogen-bond acceptors (Lipinski definition) is 3. The molecule has 0 radical (unpaired) electrons. The number of piperidine rings is 1. The number of nitrogens with zero attached hydrogens (tertiary/aromatic N) is 2. The van der Waals surface area contributed by atoms with Crippen LogP contribution in [0.3, 0.4) is 0 Å². The van der Waals surface area contributed by atoms with Gasteiger partial charge in [-0.1, -0.05) is 24.3 Å². The molecule has 2 fully saturated rings. The summed E-state index contributed by atoms with van der Waals surface area (Å²) in [5.41, 5.74) is 10.1. The van der Waals surface area contributed by atoms with Gasteiger partial charge in [-0.25, -0.2) is 0 Å². The van der Waals surface area contributed by atoms with Crippen LogP contribution in [-0.2, 0) is 0 Å². The molecule has 0 aromatic heterocycles. The predicted octanol–water partition coefficient (Wildman–Crippen LogP) is 2.95. The Morgan fingerprint density at radius 3 is 2.88 bits per heavy atom. The fourth-order valence-corrected chi connectivity index (χ4v) is 4.24. The van der Waals surface area contributed by atoms with Gasteiger partial charge in [0.25, 0.3) is 5.91 Å². The SMILES string of the molecule is Cc1cccc(C(=O)N2C[C@H]3C[C@H]3[C@H]2CN)c1-c1cccc(C#N)c1. The monoisotopic (exact) mass is 331 g/mol. The van der Waals surface area contributed by atoms with E-state index in [1.807, 2.05) is 48.2 Å². The van der Waals surface area contributed by atoms with E-state index in [9.17, 15) is 10.1 Å². The van der Waals surface area contributed by atoms with E-state index in [2.05, 4.69) is 6.07 Å². The highest BCUT2D eigenvalue weighted by Gasteiger charge is 2.53. The zero-order valence-corrected chi connectivity index (χ0v) is 14.3. The summed E-state index contributed by atoms with van der Waals surface area (Å²) < 4.78 is 0. The Balaban J connectivity index is 1.77. The van der Waals surface area contributed by atoms with Crippen molar-refractivity contribution >= 4 is 5.91 Å². The summed E-state index contributed by atoms with van der Waals surface area (Å²) in [4.78, 5) is 15.3. The number of benzene rings is 2. The van der Waals surface area contributed by atoms with Gasteiger partial charge in [-0.05, 0) is 60.1 Å². The number of rotatable bonds is 3. The Bertz CT molecular complexity index is 883. The second-order valence-electron chi connectivity index (χ2n) is 7.11. The molecular weight excluding hydrogens is 310 g/mol. The van der Waals surface area contributed by atoms with Crippen LogP contribution in [0, 0.1) is 30.1 Å². The van der Waals surface area contributed by atoms with Crippen molar-refractivity contribution in [3.63, 3.8) is 0 Å². The molecular formula is C21H21N3O. The summed E-state index contributed by atoms with van der Waals surface area (Å²) in [7, 11) is 0. The summed E-state index contributed by atoms with van der Waals surface area (Å²) >= 11 is 0. The van der Waals surface area contributed by atoms with E-state index in [-0.39, 0.29) is 11.9 Å². The van der Waals surface area contributed by atoms with E-state index in [0.29, 0.717) is 29.5 Å².